The number of amides is 2. The Kier molecular flexibility index (Phi) is 5.99. The van der Waals surface area contributed by atoms with E-state index in [2.05, 4.69) is 4.98 Å². The van der Waals surface area contributed by atoms with Crippen LogP contribution in [0.15, 0.2) is 18.7 Å². The Morgan fingerprint density at radius 1 is 1.29 bits per heavy atom. The third-order valence-electron chi connectivity index (χ3n) is 6.74. The van der Waals surface area contributed by atoms with Gasteiger partial charge in [0.2, 0.25) is 11.8 Å². The first-order valence-corrected chi connectivity index (χ1v) is 10.8. The maximum atomic E-state index is 12.6. The number of likely N-dealkylation sites (tertiary alicyclic amines) is 2. The summed E-state index contributed by atoms with van der Waals surface area (Å²) in [6, 6.07) is 0. The molecular weight excluding hydrogens is 356 g/mol. The smallest absolute Gasteiger partial charge is 0.222 e. The van der Waals surface area contributed by atoms with E-state index in [9.17, 15) is 9.59 Å². The molecule has 7 heteroatoms. The molecule has 4 heterocycles. The van der Waals surface area contributed by atoms with Gasteiger partial charge >= 0.3 is 0 Å². The van der Waals surface area contributed by atoms with Gasteiger partial charge in [-0.15, -0.1) is 0 Å². The average Bonchev–Trinajstić information content (AvgIpc) is 3.40. The van der Waals surface area contributed by atoms with Crippen molar-refractivity contribution in [1.82, 2.24) is 19.4 Å². The van der Waals surface area contributed by atoms with E-state index in [1.807, 2.05) is 20.6 Å². The lowest BCUT2D eigenvalue weighted by molar-refractivity contribution is -0.144. The minimum atomic E-state index is 0.195. The highest BCUT2D eigenvalue weighted by molar-refractivity contribution is 5.77. The fraction of sp³-hybridized carbons (Fsp3) is 0.762. The molecule has 2 amide bonds. The van der Waals surface area contributed by atoms with Gasteiger partial charge < -0.3 is 19.1 Å². The van der Waals surface area contributed by atoms with Crippen LogP contribution in [0.1, 0.15) is 51.4 Å². The summed E-state index contributed by atoms with van der Waals surface area (Å²) in [4.78, 5) is 33.1. The predicted octanol–water partition coefficient (Wildman–Crippen LogP) is 2.07. The summed E-state index contributed by atoms with van der Waals surface area (Å²) in [5.41, 5.74) is 0.195. The van der Waals surface area contributed by atoms with Crippen LogP contribution in [0.4, 0.5) is 0 Å². The zero-order valence-corrected chi connectivity index (χ0v) is 16.7. The summed E-state index contributed by atoms with van der Waals surface area (Å²) in [5, 5.41) is 0. The van der Waals surface area contributed by atoms with Crippen molar-refractivity contribution in [2.75, 3.05) is 32.8 Å². The maximum absolute atomic E-state index is 12.6. The van der Waals surface area contributed by atoms with E-state index in [1.54, 1.807) is 12.5 Å². The molecule has 3 aliphatic rings. The first kappa shape index (κ1) is 19.4. The first-order chi connectivity index (χ1) is 13.6. The third kappa shape index (κ3) is 4.57. The molecule has 3 fully saturated rings. The molecule has 0 N–H and O–H groups in total. The molecule has 0 radical (unpaired) electrons. The maximum Gasteiger partial charge on any atom is 0.222 e. The Hall–Kier alpha value is -1.89. The molecule has 0 aromatic carbocycles. The second-order valence-electron chi connectivity index (χ2n) is 8.69. The van der Waals surface area contributed by atoms with Crippen LogP contribution in [-0.2, 0) is 20.9 Å². The van der Waals surface area contributed by atoms with Gasteiger partial charge in [0.25, 0.3) is 0 Å². The van der Waals surface area contributed by atoms with E-state index in [0.29, 0.717) is 12.8 Å². The monoisotopic (exact) mass is 388 g/mol. The number of ether oxygens (including phenoxy) is 1. The summed E-state index contributed by atoms with van der Waals surface area (Å²) < 4.78 is 7.75. The van der Waals surface area contributed by atoms with Gasteiger partial charge in [-0.3, -0.25) is 9.59 Å². The molecule has 0 saturated carbocycles. The molecule has 4 rings (SSSR count). The van der Waals surface area contributed by atoms with Crippen LogP contribution < -0.4 is 0 Å². The molecular formula is C21H32N4O3. The van der Waals surface area contributed by atoms with Crippen LogP contribution in [0.3, 0.4) is 0 Å². The molecule has 28 heavy (non-hydrogen) atoms. The largest absolute Gasteiger partial charge is 0.376 e. The molecule has 7 nitrogen and oxygen atoms in total. The molecule has 1 aromatic heterocycles. The van der Waals surface area contributed by atoms with Crippen molar-refractivity contribution in [1.29, 1.82) is 0 Å². The van der Waals surface area contributed by atoms with Gasteiger partial charge in [0.1, 0.15) is 0 Å². The van der Waals surface area contributed by atoms with Gasteiger partial charge in [-0.1, -0.05) is 0 Å². The second-order valence-corrected chi connectivity index (χ2v) is 8.69. The summed E-state index contributed by atoms with van der Waals surface area (Å²) in [6.07, 6.45) is 13.0. The zero-order chi connectivity index (χ0) is 19.4. The SMILES string of the molecule is O=C(CCCn1ccnc1)N1CCC2(CCC(=O)N(C[C@@H]3CCCO3)C2)CC1. The average molecular weight is 389 g/mol. The number of imidazole rings is 1. The van der Waals surface area contributed by atoms with E-state index in [-0.39, 0.29) is 23.3 Å². The molecule has 1 spiro atoms. The van der Waals surface area contributed by atoms with Crippen LogP contribution in [0, 0.1) is 5.41 Å². The Balaban J connectivity index is 1.24. The molecule has 0 unspecified atom stereocenters. The van der Waals surface area contributed by atoms with Crippen LogP contribution in [0.2, 0.25) is 0 Å². The lowest BCUT2D eigenvalue weighted by Gasteiger charge is -2.47. The highest BCUT2D eigenvalue weighted by Gasteiger charge is 2.42. The van der Waals surface area contributed by atoms with E-state index in [4.69, 9.17) is 4.74 Å². The predicted molar refractivity (Wildman–Crippen MR) is 104 cm³/mol. The van der Waals surface area contributed by atoms with Crippen molar-refractivity contribution in [3.05, 3.63) is 18.7 Å². The minimum Gasteiger partial charge on any atom is -0.376 e. The highest BCUT2D eigenvalue weighted by Crippen LogP contribution is 2.40. The first-order valence-electron chi connectivity index (χ1n) is 10.8. The van der Waals surface area contributed by atoms with Gasteiger partial charge in [-0.25, -0.2) is 4.98 Å². The minimum absolute atomic E-state index is 0.195. The second kappa shape index (κ2) is 8.64. The fourth-order valence-electron chi connectivity index (χ4n) is 4.93. The summed E-state index contributed by atoms with van der Waals surface area (Å²) in [7, 11) is 0. The Labute approximate surface area is 167 Å². The number of hydrogen-bond acceptors (Lipinski definition) is 4. The van der Waals surface area contributed by atoms with E-state index >= 15 is 0 Å². The van der Waals surface area contributed by atoms with Gasteiger partial charge in [0.15, 0.2) is 0 Å². The number of nitrogens with zero attached hydrogens (tertiary/aromatic N) is 4. The highest BCUT2D eigenvalue weighted by atomic mass is 16.5. The number of aryl methyl sites for hydroxylation is 1. The van der Waals surface area contributed by atoms with Gasteiger partial charge in [0.05, 0.1) is 12.4 Å². The summed E-state index contributed by atoms with van der Waals surface area (Å²) in [5.74, 6) is 0.539. The lowest BCUT2D eigenvalue weighted by atomic mass is 9.72. The molecule has 154 valence electrons. The molecule has 3 saturated heterocycles. The molecule has 3 aliphatic heterocycles. The standard InChI is InChI=1S/C21H32N4O3/c26-19(4-1-10-23-13-9-22-17-23)24-11-7-21(8-12-24)6-5-20(27)25(16-21)15-18-3-2-14-28-18/h9,13,17-18H,1-8,10-12,14-16H2/t18-/m0/s1. The number of carbonyl (C=O) groups excluding carboxylic acids is 2. The van der Waals surface area contributed by atoms with Gasteiger partial charge in [-0.05, 0) is 43.9 Å². The molecule has 0 aliphatic carbocycles. The topological polar surface area (TPSA) is 67.7 Å². The van der Waals surface area contributed by atoms with Crippen LogP contribution in [0.5, 0.6) is 0 Å². The van der Waals surface area contributed by atoms with Crippen LogP contribution in [0.25, 0.3) is 0 Å². The Morgan fingerprint density at radius 2 is 2.14 bits per heavy atom. The van der Waals surface area contributed by atoms with E-state index < -0.39 is 0 Å². The number of rotatable bonds is 6. The van der Waals surface area contributed by atoms with Crippen molar-refractivity contribution in [2.24, 2.45) is 5.41 Å². The van der Waals surface area contributed by atoms with Crippen molar-refractivity contribution < 1.29 is 14.3 Å². The zero-order valence-electron chi connectivity index (χ0n) is 16.7. The van der Waals surface area contributed by atoms with Crippen LogP contribution >= 0.6 is 0 Å². The quantitative estimate of drug-likeness (QED) is 0.748. The van der Waals surface area contributed by atoms with Crippen molar-refractivity contribution in [3.63, 3.8) is 0 Å². The fourth-order valence-corrected chi connectivity index (χ4v) is 4.93. The van der Waals surface area contributed by atoms with E-state index in [1.165, 1.54) is 0 Å². The van der Waals surface area contributed by atoms with Crippen LogP contribution in [-0.4, -0.2) is 70.1 Å². The summed E-state index contributed by atoms with van der Waals surface area (Å²) >= 11 is 0. The number of piperidine rings is 2. The molecule has 0 bridgehead atoms. The Bertz CT molecular complexity index is 661. The number of carbonyl (C=O) groups is 2. The normalized spacial score (nSPS) is 24.9. The number of hydrogen-bond donors (Lipinski definition) is 0. The number of aromatic nitrogens is 2. The van der Waals surface area contributed by atoms with Crippen molar-refractivity contribution in [2.45, 2.75) is 64.0 Å². The third-order valence-corrected chi connectivity index (χ3v) is 6.74. The van der Waals surface area contributed by atoms with Gasteiger partial charge in [-0.2, -0.15) is 0 Å². The molecule has 1 aromatic rings. The van der Waals surface area contributed by atoms with Crippen molar-refractivity contribution >= 4 is 11.8 Å². The van der Waals surface area contributed by atoms with Gasteiger partial charge in [0, 0.05) is 64.6 Å². The van der Waals surface area contributed by atoms with Crippen molar-refractivity contribution in [3.8, 4) is 0 Å². The lowest BCUT2D eigenvalue weighted by Crippen LogP contribution is -2.53. The summed E-state index contributed by atoms with van der Waals surface area (Å²) in [6.45, 7) is 4.91. The van der Waals surface area contributed by atoms with E-state index in [0.717, 1.165) is 77.9 Å². The Morgan fingerprint density at radius 3 is 2.86 bits per heavy atom. The molecule has 1 atom stereocenters.